The Labute approximate surface area is 209 Å². The van der Waals surface area contributed by atoms with E-state index in [1.807, 2.05) is 29.8 Å². The van der Waals surface area contributed by atoms with Gasteiger partial charge >= 0.3 is 0 Å². The number of thiazole rings is 1. The largest absolute Gasteiger partial charge is 0.493 e. The molecule has 1 aromatic heterocycles. The van der Waals surface area contributed by atoms with Crippen molar-refractivity contribution in [2.45, 2.75) is 13.8 Å². The van der Waals surface area contributed by atoms with Crippen molar-refractivity contribution >= 4 is 17.2 Å². The van der Waals surface area contributed by atoms with Gasteiger partial charge in [-0.2, -0.15) is 4.99 Å². The molecule has 1 amide bonds. The maximum atomic E-state index is 13.3. The summed E-state index contributed by atoms with van der Waals surface area (Å²) in [6.45, 7) is 4.20. The van der Waals surface area contributed by atoms with Gasteiger partial charge in [0.1, 0.15) is 0 Å². The molecule has 0 N–H and O–H groups in total. The summed E-state index contributed by atoms with van der Waals surface area (Å²) >= 11 is 1.48. The number of methoxy groups -OCH3 is 3. The van der Waals surface area contributed by atoms with Crippen LogP contribution < -0.4 is 19.0 Å². The Kier molecular flexibility index (Phi) is 7.07. The second kappa shape index (κ2) is 10.2. The molecule has 0 aliphatic heterocycles. The van der Waals surface area contributed by atoms with Crippen LogP contribution in [0, 0.1) is 13.8 Å². The molecular weight excluding hydrogens is 460 g/mol. The van der Waals surface area contributed by atoms with E-state index in [9.17, 15) is 4.79 Å². The van der Waals surface area contributed by atoms with Crippen molar-refractivity contribution in [1.82, 2.24) is 4.57 Å². The number of ether oxygens (including phenoxy) is 3. The molecule has 1 heterocycles. The zero-order chi connectivity index (χ0) is 25.1. The predicted octanol–water partition coefficient (Wildman–Crippen LogP) is 5.80. The monoisotopic (exact) mass is 488 g/mol. The van der Waals surface area contributed by atoms with E-state index in [0.29, 0.717) is 27.6 Å². The third-order valence-electron chi connectivity index (χ3n) is 5.96. The first-order valence-electron chi connectivity index (χ1n) is 11.1. The van der Waals surface area contributed by atoms with Gasteiger partial charge in [-0.3, -0.25) is 4.79 Å². The molecule has 0 saturated heterocycles. The lowest BCUT2D eigenvalue weighted by atomic mass is 10.0. The standard InChI is InChI=1S/C28H28N2O4S/c1-17-12-13-20(14-18(17)2)24-26(19-10-8-7-9-11-19)35-28(30(24)3)29-27(31)21-15-22(32-4)25(34-6)23(16-21)33-5/h7-16H,1-6H3. The number of amides is 1. The molecule has 0 spiro atoms. The van der Waals surface area contributed by atoms with E-state index in [2.05, 4.69) is 49.2 Å². The van der Waals surface area contributed by atoms with Gasteiger partial charge in [-0.15, -0.1) is 0 Å². The lowest BCUT2D eigenvalue weighted by molar-refractivity contribution is 0.0997. The van der Waals surface area contributed by atoms with Crippen molar-refractivity contribution in [2.24, 2.45) is 12.0 Å². The van der Waals surface area contributed by atoms with Gasteiger partial charge in [0.15, 0.2) is 16.3 Å². The number of benzene rings is 3. The summed E-state index contributed by atoms with van der Waals surface area (Å²) in [5.41, 5.74) is 5.95. The average Bonchev–Trinajstić information content (AvgIpc) is 3.20. The molecule has 0 aliphatic carbocycles. The van der Waals surface area contributed by atoms with E-state index in [-0.39, 0.29) is 0 Å². The summed E-state index contributed by atoms with van der Waals surface area (Å²) in [6.07, 6.45) is 0. The normalized spacial score (nSPS) is 11.4. The molecule has 35 heavy (non-hydrogen) atoms. The van der Waals surface area contributed by atoms with Crippen molar-refractivity contribution in [3.8, 4) is 38.9 Å². The van der Waals surface area contributed by atoms with Gasteiger partial charge < -0.3 is 18.8 Å². The number of carbonyl (C=O) groups excluding carboxylic acids is 1. The topological polar surface area (TPSA) is 62.0 Å². The summed E-state index contributed by atoms with van der Waals surface area (Å²) in [6, 6.07) is 19.8. The minimum atomic E-state index is -0.396. The SMILES string of the molecule is COc1cc(C(=O)N=c2sc(-c3ccccc3)c(-c3ccc(C)c(C)c3)n2C)cc(OC)c1OC. The van der Waals surface area contributed by atoms with Crippen LogP contribution in [0.25, 0.3) is 21.7 Å². The van der Waals surface area contributed by atoms with Crippen molar-refractivity contribution in [3.05, 3.63) is 82.2 Å². The van der Waals surface area contributed by atoms with Crippen LogP contribution in [0.4, 0.5) is 0 Å². The van der Waals surface area contributed by atoms with Crippen molar-refractivity contribution in [1.29, 1.82) is 0 Å². The van der Waals surface area contributed by atoms with Gasteiger partial charge in [-0.05, 0) is 54.3 Å². The van der Waals surface area contributed by atoms with Crippen LogP contribution in [0.15, 0.2) is 65.7 Å². The maximum absolute atomic E-state index is 13.3. The quantitative estimate of drug-likeness (QED) is 0.344. The minimum Gasteiger partial charge on any atom is -0.493 e. The van der Waals surface area contributed by atoms with Crippen molar-refractivity contribution in [3.63, 3.8) is 0 Å². The summed E-state index contributed by atoms with van der Waals surface area (Å²) in [4.78, 5) is 19.4. The molecule has 0 unspecified atom stereocenters. The molecule has 0 radical (unpaired) electrons. The lowest BCUT2D eigenvalue weighted by Crippen LogP contribution is -2.14. The second-order valence-corrected chi connectivity index (χ2v) is 9.09. The van der Waals surface area contributed by atoms with E-state index in [1.165, 1.54) is 43.8 Å². The number of hydrogen-bond acceptors (Lipinski definition) is 5. The molecule has 7 heteroatoms. The zero-order valence-corrected chi connectivity index (χ0v) is 21.5. The molecule has 0 fully saturated rings. The first-order valence-corrected chi connectivity index (χ1v) is 11.9. The first kappa shape index (κ1) is 24.3. The molecular formula is C28H28N2O4S. The Balaban J connectivity index is 1.90. The fraction of sp³-hybridized carbons (Fsp3) is 0.214. The molecule has 0 atom stereocenters. The van der Waals surface area contributed by atoms with Gasteiger partial charge in [0.2, 0.25) is 5.75 Å². The zero-order valence-electron chi connectivity index (χ0n) is 20.7. The predicted molar refractivity (Wildman–Crippen MR) is 140 cm³/mol. The first-order chi connectivity index (χ1) is 16.9. The van der Waals surface area contributed by atoms with Crippen LogP contribution in [-0.4, -0.2) is 31.8 Å². The van der Waals surface area contributed by atoms with Crippen LogP contribution in [0.1, 0.15) is 21.5 Å². The van der Waals surface area contributed by atoms with Gasteiger partial charge in [-0.1, -0.05) is 53.8 Å². The third kappa shape index (κ3) is 4.72. The molecule has 4 aromatic rings. The highest BCUT2D eigenvalue weighted by Gasteiger charge is 2.19. The number of hydrogen-bond donors (Lipinski definition) is 0. The Hall–Kier alpha value is -3.84. The highest BCUT2D eigenvalue weighted by atomic mass is 32.1. The number of rotatable bonds is 6. The second-order valence-electron chi connectivity index (χ2n) is 8.12. The molecule has 180 valence electrons. The summed E-state index contributed by atoms with van der Waals surface area (Å²) in [5, 5.41) is 0. The smallest absolute Gasteiger partial charge is 0.279 e. The fourth-order valence-corrected chi connectivity index (χ4v) is 5.05. The van der Waals surface area contributed by atoms with Gasteiger partial charge in [0.25, 0.3) is 5.91 Å². The van der Waals surface area contributed by atoms with Crippen LogP contribution in [-0.2, 0) is 7.05 Å². The van der Waals surface area contributed by atoms with Crippen LogP contribution in [0.2, 0.25) is 0 Å². The van der Waals surface area contributed by atoms with E-state index < -0.39 is 5.91 Å². The van der Waals surface area contributed by atoms with Crippen LogP contribution >= 0.6 is 11.3 Å². The molecule has 0 aliphatic rings. The molecule has 0 bridgehead atoms. The lowest BCUT2D eigenvalue weighted by Gasteiger charge is -2.12. The van der Waals surface area contributed by atoms with Crippen molar-refractivity contribution < 1.29 is 19.0 Å². The Morgan fingerprint density at radius 2 is 1.49 bits per heavy atom. The third-order valence-corrected chi connectivity index (χ3v) is 7.14. The maximum Gasteiger partial charge on any atom is 0.279 e. The molecule has 6 nitrogen and oxygen atoms in total. The van der Waals surface area contributed by atoms with Gasteiger partial charge in [-0.25, -0.2) is 0 Å². The Bertz CT molecular complexity index is 1430. The number of nitrogens with zero attached hydrogens (tertiary/aromatic N) is 2. The number of aromatic nitrogens is 1. The summed E-state index contributed by atoms with van der Waals surface area (Å²) in [7, 11) is 6.50. The fourth-order valence-electron chi connectivity index (χ4n) is 3.91. The minimum absolute atomic E-state index is 0.349. The summed E-state index contributed by atoms with van der Waals surface area (Å²) in [5.74, 6) is 0.840. The van der Waals surface area contributed by atoms with Crippen LogP contribution in [0.5, 0.6) is 17.2 Å². The average molecular weight is 489 g/mol. The van der Waals surface area contributed by atoms with E-state index in [0.717, 1.165) is 21.7 Å². The van der Waals surface area contributed by atoms with Gasteiger partial charge in [0.05, 0.1) is 31.9 Å². The molecule has 0 saturated carbocycles. The highest BCUT2D eigenvalue weighted by molar-refractivity contribution is 7.13. The van der Waals surface area contributed by atoms with Crippen molar-refractivity contribution in [2.75, 3.05) is 21.3 Å². The molecule has 3 aromatic carbocycles. The van der Waals surface area contributed by atoms with Crippen LogP contribution in [0.3, 0.4) is 0 Å². The Morgan fingerprint density at radius 1 is 0.829 bits per heavy atom. The molecule has 4 rings (SSSR count). The number of carbonyl (C=O) groups is 1. The van der Waals surface area contributed by atoms with Gasteiger partial charge in [0, 0.05) is 12.6 Å². The highest BCUT2D eigenvalue weighted by Crippen LogP contribution is 2.38. The summed E-state index contributed by atoms with van der Waals surface area (Å²) < 4.78 is 18.2. The van der Waals surface area contributed by atoms with E-state index >= 15 is 0 Å². The van der Waals surface area contributed by atoms with E-state index in [4.69, 9.17) is 14.2 Å². The van der Waals surface area contributed by atoms with E-state index in [1.54, 1.807) is 12.1 Å². The number of aryl methyl sites for hydroxylation is 2. The Morgan fingerprint density at radius 3 is 2.06 bits per heavy atom.